The maximum atomic E-state index is 12.1. The molecule has 0 aliphatic rings. The lowest BCUT2D eigenvalue weighted by molar-refractivity contribution is -0.121. The molecule has 2 rings (SSSR count). The number of methoxy groups -OCH3 is 1. The van der Waals surface area contributed by atoms with Gasteiger partial charge in [0.05, 0.1) is 18.6 Å². The van der Waals surface area contributed by atoms with Gasteiger partial charge in [0.25, 0.3) is 5.91 Å². The number of hydrogen-bond acceptors (Lipinski definition) is 6. The number of carbonyl (C=O) groups is 3. The van der Waals surface area contributed by atoms with Gasteiger partial charge in [0.15, 0.2) is 17.3 Å². The van der Waals surface area contributed by atoms with E-state index >= 15 is 0 Å². The molecular weight excluding hydrogens is 356 g/mol. The summed E-state index contributed by atoms with van der Waals surface area (Å²) in [6.07, 6.45) is 0.0721. The lowest BCUT2D eigenvalue weighted by Crippen LogP contribution is -2.41. The van der Waals surface area contributed by atoms with Crippen LogP contribution >= 0.6 is 11.3 Å². The second-order valence-corrected chi connectivity index (χ2v) is 6.15. The van der Waals surface area contributed by atoms with Gasteiger partial charge in [-0.05, 0) is 36.6 Å². The molecule has 0 fully saturated rings. The fraction of sp³-hybridized carbons (Fsp3) is 0.278. The lowest BCUT2D eigenvalue weighted by Gasteiger charge is -2.11. The van der Waals surface area contributed by atoms with E-state index < -0.39 is 11.8 Å². The Morgan fingerprint density at radius 1 is 1.08 bits per heavy atom. The first-order valence-electron chi connectivity index (χ1n) is 8.01. The van der Waals surface area contributed by atoms with E-state index in [0.29, 0.717) is 28.5 Å². The summed E-state index contributed by atoms with van der Waals surface area (Å²) in [5, 5.41) is 1.80. The molecule has 0 spiro atoms. The summed E-state index contributed by atoms with van der Waals surface area (Å²) in [5.41, 5.74) is 4.92. The zero-order chi connectivity index (χ0) is 18.9. The summed E-state index contributed by atoms with van der Waals surface area (Å²) in [6, 6.07) is 8.20. The van der Waals surface area contributed by atoms with Gasteiger partial charge in [0.2, 0.25) is 5.91 Å². The van der Waals surface area contributed by atoms with Gasteiger partial charge in [-0.25, -0.2) is 0 Å². The topological polar surface area (TPSA) is 93.7 Å². The molecule has 2 aromatic rings. The quantitative estimate of drug-likeness (QED) is 0.546. The van der Waals surface area contributed by atoms with E-state index in [4.69, 9.17) is 9.47 Å². The molecule has 138 valence electrons. The second-order valence-electron chi connectivity index (χ2n) is 5.20. The Morgan fingerprint density at radius 2 is 1.88 bits per heavy atom. The van der Waals surface area contributed by atoms with Crippen molar-refractivity contribution in [1.29, 1.82) is 0 Å². The van der Waals surface area contributed by atoms with Crippen molar-refractivity contribution in [3.05, 3.63) is 46.2 Å². The van der Waals surface area contributed by atoms with Crippen LogP contribution in [-0.2, 0) is 4.79 Å². The van der Waals surface area contributed by atoms with Crippen LogP contribution in [0.4, 0.5) is 0 Å². The van der Waals surface area contributed by atoms with E-state index in [9.17, 15) is 14.4 Å². The van der Waals surface area contributed by atoms with Crippen LogP contribution in [0.1, 0.15) is 39.8 Å². The predicted molar refractivity (Wildman–Crippen MR) is 97.7 cm³/mol. The minimum atomic E-state index is -0.496. The van der Waals surface area contributed by atoms with Gasteiger partial charge < -0.3 is 9.47 Å². The molecule has 1 aromatic carbocycles. The molecule has 0 bridgehead atoms. The lowest BCUT2D eigenvalue weighted by atomic mass is 10.2. The number of ether oxygens (including phenoxy) is 2. The third kappa shape index (κ3) is 5.32. The van der Waals surface area contributed by atoms with Gasteiger partial charge >= 0.3 is 0 Å². The average molecular weight is 376 g/mol. The maximum Gasteiger partial charge on any atom is 0.269 e. The zero-order valence-corrected chi connectivity index (χ0v) is 15.4. The van der Waals surface area contributed by atoms with Crippen LogP contribution in [0.5, 0.6) is 11.5 Å². The highest BCUT2D eigenvalue weighted by atomic mass is 32.1. The van der Waals surface area contributed by atoms with Crippen molar-refractivity contribution in [1.82, 2.24) is 10.9 Å². The molecule has 0 saturated heterocycles. The van der Waals surface area contributed by atoms with Gasteiger partial charge in [-0.3, -0.25) is 25.2 Å². The molecule has 8 heteroatoms. The summed E-state index contributed by atoms with van der Waals surface area (Å²) in [5.74, 6) is -0.0850. The van der Waals surface area contributed by atoms with Gasteiger partial charge in [0, 0.05) is 18.4 Å². The van der Waals surface area contributed by atoms with Crippen molar-refractivity contribution in [2.45, 2.75) is 19.8 Å². The molecule has 1 heterocycles. The number of benzene rings is 1. The van der Waals surface area contributed by atoms with Crippen molar-refractivity contribution >= 4 is 28.9 Å². The van der Waals surface area contributed by atoms with E-state index in [1.165, 1.54) is 24.5 Å². The zero-order valence-electron chi connectivity index (χ0n) is 14.5. The number of Topliss-reactive ketones (excluding diaryl/α,β-unsaturated/α-hetero) is 1. The van der Waals surface area contributed by atoms with E-state index in [2.05, 4.69) is 10.9 Å². The van der Waals surface area contributed by atoms with Gasteiger partial charge in [-0.15, -0.1) is 11.3 Å². The fourth-order valence-corrected chi connectivity index (χ4v) is 2.83. The van der Waals surface area contributed by atoms with Gasteiger partial charge in [0.1, 0.15) is 0 Å². The molecule has 0 unspecified atom stereocenters. The number of thiophene rings is 1. The van der Waals surface area contributed by atoms with Crippen LogP contribution in [0, 0.1) is 0 Å². The van der Waals surface area contributed by atoms with Gasteiger partial charge in [-0.2, -0.15) is 0 Å². The molecule has 2 amide bonds. The normalized spacial score (nSPS) is 10.1. The molecular formula is C18H20N2O5S. The number of hydrogen-bond donors (Lipinski definition) is 2. The molecule has 7 nitrogen and oxygen atoms in total. The largest absolute Gasteiger partial charge is 0.493 e. The molecule has 26 heavy (non-hydrogen) atoms. The van der Waals surface area contributed by atoms with E-state index in [1.807, 2.05) is 6.92 Å². The van der Waals surface area contributed by atoms with Crippen LogP contribution in [0.3, 0.4) is 0 Å². The monoisotopic (exact) mass is 376 g/mol. The first-order chi connectivity index (χ1) is 12.5. The second kappa shape index (κ2) is 9.57. The molecule has 0 saturated carbocycles. The summed E-state index contributed by atoms with van der Waals surface area (Å²) in [4.78, 5) is 36.4. The first-order valence-corrected chi connectivity index (χ1v) is 8.89. The van der Waals surface area contributed by atoms with E-state index in [0.717, 1.165) is 0 Å². The average Bonchev–Trinajstić information content (AvgIpc) is 3.19. The Hall–Kier alpha value is -2.87. The highest BCUT2D eigenvalue weighted by Gasteiger charge is 2.13. The van der Waals surface area contributed by atoms with E-state index in [-0.39, 0.29) is 18.6 Å². The maximum absolute atomic E-state index is 12.1. The first kappa shape index (κ1) is 19.5. The van der Waals surface area contributed by atoms with Crippen LogP contribution in [0.25, 0.3) is 0 Å². The third-order valence-corrected chi connectivity index (χ3v) is 4.33. The van der Waals surface area contributed by atoms with Crippen LogP contribution in [0.2, 0.25) is 0 Å². The van der Waals surface area contributed by atoms with Crippen molar-refractivity contribution in [3.63, 3.8) is 0 Å². The van der Waals surface area contributed by atoms with Crippen molar-refractivity contribution in [2.24, 2.45) is 0 Å². The van der Waals surface area contributed by atoms with Crippen LogP contribution in [0.15, 0.2) is 35.7 Å². The highest BCUT2D eigenvalue weighted by molar-refractivity contribution is 7.12. The number of carbonyl (C=O) groups excluding carboxylic acids is 3. The standard InChI is InChI=1S/C18H20N2O5S/c1-3-25-14-8-6-12(11-15(14)24-2)18(23)20-19-17(22)9-7-13(21)16-5-4-10-26-16/h4-6,8,10-11H,3,7,9H2,1-2H3,(H,19,22)(H,20,23). The number of nitrogens with one attached hydrogen (secondary N) is 2. The fourth-order valence-electron chi connectivity index (χ4n) is 2.13. The third-order valence-electron chi connectivity index (χ3n) is 3.42. The summed E-state index contributed by atoms with van der Waals surface area (Å²) in [6.45, 7) is 2.32. The molecule has 1 aromatic heterocycles. The SMILES string of the molecule is CCOc1ccc(C(=O)NNC(=O)CCC(=O)c2cccs2)cc1OC. The smallest absolute Gasteiger partial charge is 0.269 e. The van der Waals surface area contributed by atoms with Crippen LogP contribution in [-0.4, -0.2) is 31.3 Å². The molecule has 0 aliphatic heterocycles. The molecule has 2 N–H and O–H groups in total. The summed E-state index contributed by atoms with van der Waals surface area (Å²) >= 11 is 1.33. The molecule has 0 atom stereocenters. The minimum absolute atomic E-state index is 0.0103. The van der Waals surface area contributed by atoms with E-state index in [1.54, 1.807) is 29.6 Å². The Morgan fingerprint density at radius 3 is 2.54 bits per heavy atom. The van der Waals surface area contributed by atoms with Crippen molar-refractivity contribution in [2.75, 3.05) is 13.7 Å². The molecule has 0 aliphatic carbocycles. The summed E-state index contributed by atoms with van der Waals surface area (Å²) < 4.78 is 10.6. The highest BCUT2D eigenvalue weighted by Crippen LogP contribution is 2.27. The number of rotatable bonds is 8. The van der Waals surface area contributed by atoms with Crippen LogP contribution < -0.4 is 20.3 Å². The Labute approximate surface area is 155 Å². The number of ketones is 1. The van der Waals surface area contributed by atoms with Crippen molar-refractivity contribution < 1.29 is 23.9 Å². The van der Waals surface area contributed by atoms with Crippen molar-refractivity contribution in [3.8, 4) is 11.5 Å². The number of hydrazine groups is 1. The predicted octanol–water partition coefficient (Wildman–Crippen LogP) is 2.58. The molecule has 0 radical (unpaired) electrons. The summed E-state index contributed by atoms with van der Waals surface area (Å²) in [7, 11) is 1.48. The minimum Gasteiger partial charge on any atom is -0.493 e. The Bertz CT molecular complexity index is 774. The number of amides is 2. The van der Waals surface area contributed by atoms with Gasteiger partial charge in [-0.1, -0.05) is 6.07 Å². The Kier molecular flexibility index (Phi) is 7.16. The Balaban J connectivity index is 1.84.